The van der Waals surface area contributed by atoms with Gasteiger partial charge >= 0.3 is 0 Å². The minimum atomic E-state index is 0.455. The lowest BCUT2D eigenvalue weighted by atomic mass is 10.0. The molecule has 1 rings (SSSR count). The van der Waals surface area contributed by atoms with E-state index in [1.165, 1.54) is 5.56 Å². The zero-order chi connectivity index (χ0) is 10.0. The fraction of sp³-hybridized carbons (Fsp3) is 0.364. The average molecular weight is 194 g/mol. The summed E-state index contributed by atoms with van der Waals surface area (Å²) in [6.07, 6.45) is 0. The van der Waals surface area contributed by atoms with Crippen molar-refractivity contribution in [3.8, 4) is 0 Å². The Labute approximate surface area is 84.2 Å². The van der Waals surface area contributed by atoms with Gasteiger partial charge in [0, 0.05) is 5.02 Å². The highest BCUT2D eigenvalue weighted by Crippen LogP contribution is 2.32. The van der Waals surface area contributed by atoms with Crippen LogP contribution in [0.15, 0.2) is 12.1 Å². The van der Waals surface area contributed by atoms with Gasteiger partial charge in [-0.15, -0.1) is 0 Å². The van der Waals surface area contributed by atoms with Crippen LogP contribution in [0.5, 0.6) is 0 Å². The summed E-state index contributed by atoms with van der Waals surface area (Å²) in [6, 6.07) is 3.91. The molecule has 0 saturated heterocycles. The minimum absolute atomic E-state index is 0.455. The standard InChI is InChI=1S/C11H12ClN/c1-7(2)9-5-8(3)11(13-4)10(12)6-9/h5-7H,1-3H3. The highest BCUT2D eigenvalue weighted by atomic mass is 35.5. The molecule has 0 spiro atoms. The summed E-state index contributed by atoms with van der Waals surface area (Å²) in [4.78, 5) is 3.39. The molecule has 0 amide bonds. The Bertz CT molecular complexity index is 338. The molecule has 0 fully saturated rings. The normalized spacial score (nSPS) is 10.2. The number of nitrogens with zero attached hydrogens (tertiary/aromatic N) is 1. The number of hydrogen-bond donors (Lipinski definition) is 0. The second-order valence-corrected chi connectivity index (χ2v) is 3.84. The van der Waals surface area contributed by atoms with Crippen molar-refractivity contribution >= 4 is 17.3 Å². The van der Waals surface area contributed by atoms with Crippen molar-refractivity contribution in [1.29, 1.82) is 0 Å². The first-order valence-corrected chi connectivity index (χ1v) is 4.61. The van der Waals surface area contributed by atoms with Gasteiger partial charge in [0.1, 0.15) is 0 Å². The van der Waals surface area contributed by atoms with Crippen molar-refractivity contribution in [1.82, 2.24) is 0 Å². The first-order valence-electron chi connectivity index (χ1n) is 4.23. The Hall–Kier alpha value is -1.00. The van der Waals surface area contributed by atoms with Gasteiger partial charge in [-0.2, -0.15) is 0 Å². The van der Waals surface area contributed by atoms with E-state index in [0.29, 0.717) is 16.6 Å². The fourth-order valence-corrected chi connectivity index (χ4v) is 1.56. The SMILES string of the molecule is [C-]#[N+]c1c(C)cc(C(C)C)cc1Cl. The van der Waals surface area contributed by atoms with Crippen molar-refractivity contribution in [3.63, 3.8) is 0 Å². The summed E-state index contributed by atoms with van der Waals surface area (Å²) in [5.41, 5.74) is 2.73. The van der Waals surface area contributed by atoms with Crippen molar-refractivity contribution < 1.29 is 0 Å². The Balaban J connectivity index is 3.30. The summed E-state index contributed by atoms with van der Waals surface area (Å²) in [6.45, 7) is 13.1. The van der Waals surface area contributed by atoms with Crippen LogP contribution in [0.1, 0.15) is 30.9 Å². The highest BCUT2D eigenvalue weighted by molar-refractivity contribution is 6.33. The molecule has 0 aromatic heterocycles. The zero-order valence-corrected chi connectivity index (χ0v) is 8.81. The summed E-state index contributed by atoms with van der Waals surface area (Å²) in [5.74, 6) is 0.455. The van der Waals surface area contributed by atoms with E-state index < -0.39 is 0 Å². The summed E-state index contributed by atoms with van der Waals surface area (Å²) >= 11 is 5.97. The summed E-state index contributed by atoms with van der Waals surface area (Å²) < 4.78 is 0. The van der Waals surface area contributed by atoms with E-state index in [2.05, 4.69) is 18.7 Å². The molecule has 1 nitrogen and oxygen atoms in total. The number of halogens is 1. The van der Waals surface area contributed by atoms with Gasteiger partial charge in [0.2, 0.25) is 5.69 Å². The van der Waals surface area contributed by atoms with Crippen LogP contribution in [0.4, 0.5) is 5.69 Å². The molecule has 0 heterocycles. The maximum absolute atomic E-state index is 6.94. The van der Waals surface area contributed by atoms with Gasteiger partial charge in [0.15, 0.2) is 0 Å². The van der Waals surface area contributed by atoms with Crippen molar-refractivity contribution in [2.24, 2.45) is 0 Å². The van der Waals surface area contributed by atoms with Gasteiger partial charge in [-0.05, 0) is 24.0 Å². The minimum Gasteiger partial charge on any atom is -0.236 e. The second kappa shape index (κ2) is 3.81. The first-order chi connectivity index (χ1) is 6.06. The third-order valence-electron chi connectivity index (χ3n) is 2.05. The molecule has 0 aliphatic rings. The fourth-order valence-electron chi connectivity index (χ4n) is 1.24. The number of hydrogen-bond acceptors (Lipinski definition) is 0. The van der Waals surface area contributed by atoms with Gasteiger partial charge < -0.3 is 0 Å². The lowest BCUT2D eigenvalue weighted by Crippen LogP contribution is -1.88. The molecule has 0 N–H and O–H groups in total. The molecule has 0 atom stereocenters. The number of rotatable bonds is 1. The van der Waals surface area contributed by atoms with E-state index in [4.69, 9.17) is 18.2 Å². The molecular weight excluding hydrogens is 182 g/mol. The van der Waals surface area contributed by atoms with Crippen LogP contribution < -0.4 is 0 Å². The molecule has 68 valence electrons. The van der Waals surface area contributed by atoms with Crippen molar-refractivity contribution in [3.05, 3.63) is 39.7 Å². The van der Waals surface area contributed by atoms with Gasteiger partial charge in [-0.25, -0.2) is 4.85 Å². The van der Waals surface area contributed by atoms with Gasteiger partial charge in [0.05, 0.1) is 6.57 Å². The maximum Gasteiger partial charge on any atom is 0.208 e. The van der Waals surface area contributed by atoms with E-state index in [9.17, 15) is 0 Å². The third kappa shape index (κ3) is 2.02. The first kappa shape index (κ1) is 10.1. The predicted octanol–water partition coefficient (Wildman–Crippen LogP) is 4.32. The molecule has 0 aliphatic carbocycles. The van der Waals surface area contributed by atoms with Gasteiger partial charge in [-0.3, -0.25) is 0 Å². The van der Waals surface area contributed by atoms with E-state index in [1.807, 2.05) is 19.1 Å². The van der Waals surface area contributed by atoms with Crippen LogP contribution in [-0.2, 0) is 0 Å². The Kier molecular flexibility index (Phi) is 2.95. The molecule has 0 aliphatic heterocycles. The monoisotopic (exact) mass is 193 g/mol. The van der Waals surface area contributed by atoms with Crippen LogP contribution in [0, 0.1) is 13.5 Å². The maximum atomic E-state index is 6.94. The zero-order valence-electron chi connectivity index (χ0n) is 8.06. The topological polar surface area (TPSA) is 4.36 Å². The van der Waals surface area contributed by atoms with E-state index >= 15 is 0 Å². The van der Waals surface area contributed by atoms with E-state index in [0.717, 1.165) is 5.56 Å². The Morgan fingerprint density at radius 1 is 1.38 bits per heavy atom. The average Bonchev–Trinajstić information content (AvgIpc) is 2.03. The molecular formula is C11H12ClN. The van der Waals surface area contributed by atoms with Crippen LogP contribution in [0.2, 0.25) is 5.02 Å². The second-order valence-electron chi connectivity index (χ2n) is 3.43. The largest absolute Gasteiger partial charge is 0.236 e. The van der Waals surface area contributed by atoms with Crippen LogP contribution in [0.25, 0.3) is 4.85 Å². The molecule has 0 unspecified atom stereocenters. The lowest BCUT2D eigenvalue weighted by molar-refractivity contribution is 0.865. The number of benzene rings is 1. The Morgan fingerprint density at radius 3 is 2.38 bits per heavy atom. The summed E-state index contributed by atoms with van der Waals surface area (Å²) in [7, 11) is 0. The van der Waals surface area contributed by atoms with Crippen molar-refractivity contribution in [2.75, 3.05) is 0 Å². The Morgan fingerprint density at radius 2 is 2.00 bits per heavy atom. The van der Waals surface area contributed by atoms with Crippen LogP contribution in [0.3, 0.4) is 0 Å². The van der Waals surface area contributed by atoms with Crippen LogP contribution in [-0.4, -0.2) is 0 Å². The molecule has 0 saturated carbocycles. The quantitative estimate of drug-likeness (QED) is 0.585. The smallest absolute Gasteiger partial charge is 0.208 e. The molecule has 1 aromatic carbocycles. The summed E-state index contributed by atoms with van der Waals surface area (Å²) in [5, 5.41) is 0.568. The molecule has 0 radical (unpaired) electrons. The van der Waals surface area contributed by atoms with Gasteiger partial charge in [0.25, 0.3) is 0 Å². The molecule has 13 heavy (non-hydrogen) atoms. The number of aryl methyl sites for hydroxylation is 1. The molecule has 0 bridgehead atoms. The van der Waals surface area contributed by atoms with E-state index in [-0.39, 0.29) is 0 Å². The molecule has 2 heteroatoms. The third-order valence-corrected chi connectivity index (χ3v) is 2.34. The lowest BCUT2D eigenvalue weighted by Gasteiger charge is -2.08. The van der Waals surface area contributed by atoms with Crippen molar-refractivity contribution in [2.45, 2.75) is 26.7 Å². The highest BCUT2D eigenvalue weighted by Gasteiger charge is 2.07. The van der Waals surface area contributed by atoms with Crippen LogP contribution >= 0.6 is 11.6 Å². The molecule has 1 aromatic rings. The van der Waals surface area contributed by atoms with E-state index in [1.54, 1.807) is 0 Å². The predicted molar refractivity (Wildman–Crippen MR) is 56.5 cm³/mol. The van der Waals surface area contributed by atoms with Gasteiger partial charge in [-0.1, -0.05) is 37.6 Å².